The van der Waals surface area contributed by atoms with Crippen molar-refractivity contribution in [2.75, 3.05) is 13.7 Å². The molecule has 2 aliphatic heterocycles. The van der Waals surface area contributed by atoms with Crippen LogP contribution in [-0.2, 0) is 30.4 Å². The summed E-state index contributed by atoms with van der Waals surface area (Å²) in [6, 6.07) is 9.94. The fourth-order valence-corrected chi connectivity index (χ4v) is 3.05. The van der Waals surface area contributed by atoms with E-state index < -0.39 is 11.9 Å². The first-order chi connectivity index (χ1) is 11.0. The molecule has 2 fully saturated rings. The van der Waals surface area contributed by atoms with Crippen molar-refractivity contribution >= 4 is 5.97 Å². The van der Waals surface area contributed by atoms with Crippen molar-refractivity contribution in [3.63, 3.8) is 0 Å². The number of carbonyl (C=O) groups is 1. The van der Waals surface area contributed by atoms with E-state index in [9.17, 15) is 4.79 Å². The zero-order valence-corrected chi connectivity index (χ0v) is 13.7. The van der Waals surface area contributed by atoms with Gasteiger partial charge in [-0.15, -0.1) is 0 Å². The van der Waals surface area contributed by atoms with E-state index in [4.69, 9.17) is 19.0 Å². The van der Waals surface area contributed by atoms with Crippen molar-refractivity contribution < 1.29 is 23.8 Å². The van der Waals surface area contributed by atoms with E-state index in [2.05, 4.69) is 0 Å². The fourth-order valence-electron chi connectivity index (χ4n) is 3.05. The topological polar surface area (TPSA) is 57.2 Å². The smallest absolute Gasteiger partial charge is 0.337 e. The molecule has 0 unspecified atom stereocenters. The Morgan fingerprint density at radius 2 is 2.09 bits per heavy atom. The van der Waals surface area contributed by atoms with Gasteiger partial charge < -0.3 is 14.2 Å². The van der Waals surface area contributed by atoms with Gasteiger partial charge in [-0.1, -0.05) is 30.3 Å². The lowest BCUT2D eigenvalue weighted by molar-refractivity contribution is -0.205. The highest BCUT2D eigenvalue weighted by molar-refractivity contribution is 5.74. The number of hydrogen-bond donors (Lipinski definition) is 0. The van der Waals surface area contributed by atoms with Gasteiger partial charge in [0.15, 0.2) is 11.9 Å². The van der Waals surface area contributed by atoms with Crippen LogP contribution in [0.3, 0.4) is 0 Å². The molecule has 3 atom stereocenters. The molecule has 0 spiro atoms. The summed E-state index contributed by atoms with van der Waals surface area (Å²) in [6.45, 7) is 4.85. The predicted octanol–water partition coefficient (Wildman–Crippen LogP) is 1.89. The normalized spacial score (nSPS) is 30.5. The van der Waals surface area contributed by atoms with Crippen LogP contribution in [-0.4, -0.2) is 48.8 Å². The molecular weight excluding hydrogens is 298 g/mol. The van der Waals surface area contributed by atoms with Crippen LogP contribution in [0.1, 0.15) is 25.8 Å². The Labute approximate surface area is 136 Å². The van der Waals surface area contributed by atoms with Gasteiger partial charge >= 0.3 is 5.97 Å². The van der Waals surface area contributed by atoms with E-state index in [0.717, 1.165) is 5.56 Å². The van der Waals surface area contributed by atoms with Gasteiger partial charge in [-0.2, -0.15) is 5.06 Å². The van der Waals surface area contributed by atoms with Gasteiger partial charge in [0, 0.05) is 13.0 Å². The molecule has 0 radical (unpaired) electrons. The van der Waals surface area contributed by atoms with E-state index in [1.807, 2.05) is 49.2 Å². The molecule has 3 rings (SSSR count). The molecular formula is C17H23NO5. The minimum Gasteiger partial charge on any atom is -0.467 e. The summed E-state index contributed by atoms with van der Waals surface area (Å²) in [5.41, 5.74) is 1.11. The van der Waals surface area contributed by atoms with E-state index in [1.54, 1.807) is 0 Å². The van der Waals surface area contributed by atoms with Crippen LogP contribution >= 0.6 is 0 Å². The summed E-state index contributed by atoms with van der Waals surface area (Å²) in [7, 11) is 1.37. The van der Waals surface area contributed by atoms with Crippen molar-refractivity contribution in [3.8, 4) is 0 Å². The van der Waals surface area contributed by atoms with E-state index in [1.165, 1.54) is 7.11 Å². The van der Waals surface area contributed by atoms with E-state index >= 15 is 0 Å². The molecule has 2 aliphatic rings. The number of hydroxylamine groups is 2. The molecule has 0 aromatic heterocycles. The van der Waals surface area contributed by atoms with Gasteiger partial charge in [-0.3, -0.25) is 4.84 Å². The summed E-state index contributed by atoms with van der Waals surface area (Å²) >= 11 is 0. The van der Waals surface area contributed by atoms with Gasteiger partial charge in [0.2, 0.25) is 0 Å². The Hall–Kier alpha value is -1.47. The fraction of sp³-hybridized carbons (Fsp3) is 0.588. The summed E-state index contributed by atoms with van der Waals surface area (Å²) in [5.74, 6) is -0.962. The van der Waals surface area contributed by atoms with Crippen LogP contribution < -0.4 is 0 Å². The summed E-state index contributed by atoms with van der Waals surface area (Å²) in [4.78, 5) is 17.7. The number of rotatable bonds is 4. The summed E-state index contributed by atoms with van der Waals surface area (Å²) < 4.78 is 16.5. The first kappa shape index (κ1) is 16.4. The second-order valence-electron chi connectivity index (χ2n) is 6.35. The zero-order chi connectivity index (χ0) is 16.4. The SMILES string of the molecule is COC(=O)[C@H]1C[C@H]([C@H]2COC(C)(C)O2)N(Cc2ccccc2)O1. The molecule has 2 heterocycles. The molecule has 126 valence electrons. The molecule has 1 aromatic carbocycles. The third-order valence-corrected chi connectivity index (χ3v) is 4.19. The average Bonchev–Trinajstić information content (AvgIpc) is 3.11. The summed E-state index contributed by atoms with van der Waals surface area (Å²) in [6.07, 6.45) is -0.201. The lowest BCUT2D eigenvalue weighted by Gasteiger charge is -2.27. The Balaban J connectivity index is 1.74. The molecule has 0 amide bonds. The van der Waals surface area contributed by atoms with E-state index in [-0.39, 0.29) is 18.1 Å². The number of ether oxygens (including phenoxy) is 3. The zero-order valence-electron chi connectivity index (χ0n) is 13.7. The number of hydrogen-bond acceptors (Lipinski definition) is 6. The minimum absolute atomic E-state index is 0.0546. The molecule has 1 aromatic rings. The highest BCUT2D eigenvalue weighted by Crippen LogP contribution is 2.33. The molecule has 6 heteroatoms. The molecule has 0 aliphatic carbocycles. The van der Waals surface area contributed by atoms with Crippen molar-refractivity contribution in [2.45, 2.75) is 50.8 Å². The van der Waals surface area contributed by atoms with Crippen molar-refractivity contribution in [2.24, 2.45) is 0 Å². The lowest BCUT2D eigenvalue weighted by atomic mass is 10.0. The van der Waals surface area contributed by atoms with Gasteiger partial charge in [0.05, 0.1) is 19.8 Å². The first-order valence-electron chi connectivity index (χ1n) is 7.85. The van der Waals surface area contributed by atoms with Gasteiger partial charge in [-0.05, 0) is 19.4 Å². The molecule has 2 saturated heterocycles. The molecule has 6 nitrogen and oxygen atoms in total. The van der Waals surface area contributed by atoms with Crippen LogP contribution in [0.15, 0.2) is 30.3 Å². The van der Waals surface area contributed by atoms with Crippen LogP contribution in [0.4, 0.5) is 0 Å². The molecule has 0 saturated carbocycles. The van der Waals surface area contributed by atoms with Gasteiger partial charge in [0.25, 0.3) is 0 Å². The molecule has 0 bridgehead atoms. The number of methoxy groups -OCH3 is 1. The third kappa shape index (κ3) is 3.72. The minimum atomic E-state index is -0.605. The van der Waals surface area contributed by atoms with Crippen molar-refractivity contribution in [1.29, 1.82) is 0 Å². The Morgan fingerprint density at radius 1 is 1.35 bits per heavy atom. The second-order valence-corrected chi connectivity index (χ2v) is 6.35. The van der Waals surface area contributed by atoms with Crippen molar-refractivity contribution in [1.82, 2.24) is 5.06 Å². The molecule has 23 heavy (non-hydrogen) atoms. The Bertz CT molecular complexity index is 547. The maximum Gasteiger partial charge on any atom is 0.337 e. The maximum absolute atomic E-state index is 11.9. The highest BCUT2D eigenvalue weighted by atomic mass is 16.8. The third-order valence-electron chi connectivity index (χ3n) is 4.19. The standard InChI is InChI=1S/C17H23NO5/c1-17(2)21-11-15(22-17)13-9-14(16(19)20-3)23-18(13)10-12-7-5-4-6-8-12/h4-8,13-15H,9-11H2,1-3H3/t13-,14-,15-/m1/s1. The lowest BCUT2D eigenvalue weighted by Crippen LogP contribution is -2.40. The number of esters is 1. The van der Waals surface area contributed by atoms with Crippen LogP contribution in [0, 0.1) is 0 Å². The monoisotopic (exact) mass is 321 g/mol. The van der Waals surface area contributed by atoms with Crippen molar-refractivity contribution in [3.05, 3.63) is 35.9 Å². The average molecular weight is 321 g/mol. The number of benzene rings is 1. The first-order valence-corrected chi connectivity index (χ1v) is 7.85. The second kappa shape index (κ2) is 6.57. The largest absolute Gasteiger partial charge is 0.467 e. The predicted molar refractivity (Wildman–Crippen MR) is 82.2 cm³/mol. The van der Waals surface area contributed by atoms with Crippen LogP contribution in [0.25, 0.3) is 0 Å². The van der Waals surface area contributed by atoms with Gasteiger partial charge in [-0.25, -0.2) is 4.79 Å². The number of nitrogens with zero attached hydrogens (tertiary/aromatic N) is 1. The maximum atomic E-state index is 11.9. The Morgan fingerprint density at radius 3 is 2.70 bits per heavy atom. The Kier molecular flexibility index (Phi) is 4.68. The summed E-state index contributed by atoms with van der Waals surface area (Å²) in [5, 5.41) is 1.83. The van der Waals surface area contributed by atoms with Crippen LogP contribution in [0.2, 0.25) is 0 Å². The van der Waals surface area contributed by atoms with Crippen LogP contribution in [0.5, 0.6) is 0 Å². The van der Waals surface area contributed by atoms with E-state index in [0.29, 0.717) is 19.6 Å². The molecule has 0 N–H and O–H groups in total. The van der Waals surface area contributed by atoms with Gasteiger partial charge in [0.1, 0.15) is 6.10 Å². The highest BCUT2D eigenvalue weighted by Gasteiger charge is 2.47. The number of carbonyl (C=O) groups excluding carboxylic acids is 1. The quantitative estimate of drug-likeness (QED) is 0.789.